The Morgan fingerprint density at radius 1 is 1.00 bits per heavy atom. The minimum absolute atomic E-state index is 0.00380. The van der Waals surface area contributed by atoms with Crippen molar-refractivity contribution in [2.45, 2.75) is 56.4 Å². The normalized spacial score (nSPS) is 24.7. The van der Waals surface area contributed by atoms with Crippen molar-refractivity contribution in [1.82, 2.24) is 10.2 Å². The molecule has 10 heteroatoms. The van der Waals surface area contributed by atoms with Crippen LogP contribution in [0.25, 0.3) is 0 Å². The molecule has 0 unspecified atom stereocenters. The molecule has 242 valence electrons. The Bertz CT molecular complexity index is 1850. The van der Waals surface area contributed by atoms with Crippen LogP contribution in [0.1, 0.15) is 64.8 Å². The van der Waals surface area contributed by atoms with E-state index in [1.54, 1.807) is 43.3 Å². The Morgan fingerprint density at radius 2 is 1.79 bits per heavy atom. The molecule has 0 bridgehead atoms. The molecule has 0 radical (unpaired) electrons. The van der Waals surface area contributed by atoms with Crippen LogP contribution in [0.2, 0.25) is 10.0 Å². The predicted octanol–water partition coefficient (Wildman–Crippen LogP) is 7.63. The smallest absolute Gasteiger partial charge is 0.338 e. The van der Waals surface area contributed by atoms with Gasteiger partial charge < -0.3 is 20.1 Å². The van der Waals surface area contributed by atoms with Crippen LogP contribution >= 0.6 is 23.2 Å². The molecule has 4 aromatic carbocycles. The average molecular weight is 675 g/mol. The molecule has 0 aliphatic carbocycles. The highest BCUT2D eigenvalue weighted by atomic mass is 35.5. The Kier molecular flexibility index (Phi) is 8.47. The summed E-state index contributed by atoms with van der Waals surface area (Å²) in [6.07, 6.45) is 0.630. The van der Waals surface area contributed by atoms with E-state index in [0.717, 1.165) is 22.4 Å². The van der Waals surface area contributed by atoms with Crippen LogP contribution in [-0.4, -0.2) is 42.1 Å². The molecule has 3 heterocycles. The monoisotopic (exact) mass is 673 g/mol. The van der Waals surface area contributed by atoms with Crippen molar-refractivity contribution in [2.24, 2.45) is 0 Å². The zero-order valence-electron chi connectivity index (χ0n) is 25.9. The Labute approximate surface area is 283 Å². The standard InChI is InChI=1S/C37H34Cl2FN3O4/c1-3-46-25-8-5-7-21(17-25)20-43-31-19-29(22-11-13-23(14-12-22)35(44)47-4-2)41-34(31)32(26-9-6-10-28(39)33(26)40)37(43)27-16-15-24(38)18-30(27)42-36(37)45/h5-18,29,31-32,34,41H,3-4,19-20H2,1-2H3,(H,42,45)/t29-,31-,32-,34+,37+/m0/s1. The van der Waals surface area contributed by atoms with Gasteiger partial charge in [0, 0.05) is 46.9 Å². The first kappa shape index (κ1) is 31.6. The van der Waals surface area contributed by atoms with Gasteiger partial charge in [0.15, 0.2) is 0 Å². The number of halogens is 3. The second-order valence-electron chi connectivity index (χ2n) is 12.1. The minimum Gasteiger partial charge on any atom is -0.494 e. The second-order valence-corrected chi connectivity index (χ2v) is 13.0. The van der Waals surface area contributed by atoms with Crippen molar-refractivity contribution >= 4 is 40.8 Å². The zero-order chi connectivity index (χ0) is 32.9. The fourth-order valence-corrected chi connectivity index (χ4v) is 8.20. The van der Waals surface area contributed by atoms with Crippen molar-refractivity contribution < 1.29 is 23.5 Å². The van der Waals surface area contributed by atoms with Crippen LogP contribution in [-0.2, 0) is 21.6 Å². The maximum atomic E-state index is 16.2. The number of ether oxygens (including phenoxy) is 2. The van der Waals surface area contributed by atoms with Crippen molar-refractivity contribution in [1.29, 1.82) is 0 Å². The summed E-state index contributed by atoms with van der Waals surface area (Å²) in [6.45, 7) is 4.92. The molecule has 4 aromatic rings. The van der Waals surface area contributed by atoms with Crippen LogP contribution < -0.4 is 15.4 Å². The molecule has 2 fully saturated rings. The van der Waals surface area contributed by atoms with Gasteiger partial charge >= 0.3 is 5.97 Å². The van der Waals surface area contributed by atoms with Crippen molar-refractivity contribution in [3.63, 3.8) is 0 Å². The first-order valence-electron chi connectivity index (χ1n) is 15.8. The maximum Gasteiger partial charge on any atom is 0.338 e. The lowest BCUT2D eigenvalue weighted by Crippen LogP contribution is -2.52. The average Bonchev–Trinajstić information content (AvgIpc) is 3.69. The number of likely N-dealkylation sites (tertiary alicyclic amines) is 1. The van der Waals surface area contributed by atoms with Gasteiger partial charge in [-0.2, -0.15) is 0 Å². The molecule has 47 heavy (non-hydrogen) atoms. The Hall–Kier alpha value is -3.95. The number of rotatable bonds is 8. The molecule has 1 spiro atoms. The number of hydrogen-bond acceptors (Lipinski definition) is 6. The molecule has 0 saturated carbocycles. The summed E-state index contributed by atoms with van der Waals surface area (Å²) < 4.78 is 27.2. The number of hydrogen-bond donors (Lipinski definition) is 2. The topological polar surface area (TPSA) is 79.9 Å². The van der Waals surface area contributed by atoms with Gasteiger partial charge in [-0.1, -0.05) is 65.7 Å². The number of benzene rings is 4. The van der Waals surface area contributed by atoms with E-state index in [1.165, 1.54) is 6.07 Å². The molecular formula is C37H34Cl2FN3O4. The van der Waals surface area contributed by atoms with Gasteiger partial charge in [0.1, 0.15) is 17.1 Å². The van der Waals surface area contributed by atoms with E-state index < -0.39 is 17.3 Å². The zero-order valence-corrected chi connectivity index (χ0v) is 27.4. The molecule has 0 aromatic heterocycles. The van der Waals surface area contributed by atoms with E-state index in [2.05, 4.69) is 15.5 Å². The summed E-state index contributed by atoms with van der Waals surface area (Å²) >= 11 is 12.8. The van der Waals surface area contributed by atoms with Gasteiger partial charge in [0.2, 0.25) is 5.91 Å². The minimum atomic E-state index is -1.28. The van der Waals surface area contributed by atoms with E-state index >= 15 is 4.39 Å². The summed E-state index contributed by atoms with van der Waals surface area (Å²) in [5.41, 5.74) is 2.83. The summed E-state index contributed by atoms with van der Waals surface area (Å²) in [5, 5.41) is 7.38. The number of carbonyl (C=O) groups is 2. The summed E-state index contributed by atoms with van der Waals surface area (Å²) in [7, 11) is 0. The van der Waals surface area contributed by atoms with E-state index in [1.807, 2.05) is 49.4 Å². The van der Waals surface area contributed by atoms with Crippen LogP contribution in [0.3, 0.4) is 0 Å². The molecule has 3 aliphatic heterocycles. The molecule has 2 N–H and O–H groups in total. The predicted molar refractivity (Wildman–Crippen MR) is 180 cm³/mol. The second kappa shape index (κ2) is 12.6. The summed E-state index contributed by atoms with van der Waals surface area (Å²) in [6, 6.07) is 24.9. The van der Waals surface area contributed by atoms with Gasteiger partial charge in [0.25, 0.3) is 0 Å². The number of carbonyl (C=O) groups excluding carboxylic acids is 2. The molecule has 3 aliphatic rings. The summed E-state index contributed by atoms with van der Waals surface area (Å²) in [5.74, 6) is -1.09. The van der Waals surface area contributed by atoms with Gasteiger partial charge in [-0.05, 0) is 79.4 Å². The van der Waals surface area contributed by atoms with Crippen molar-refractivity contribution in [3.05, 3.63) is 129 Å². The third kappa shape index (κ3) is 5.28. The maximum absolute atomic E-state index is 16.2. The van der Waals surface area contributed by atoms with E-state index in [4.69, 9.17) is 32.7 Å². The molecular weight excluding hydrogens is 640 g/mol. The molecule has 1 amide bonds. The van der Waals surface area contributed by atoms with Crippen molar-refractivity contribution in [2.75, 3.05) is 18.5 Å². The van der Waals surface area contributed by atoms with Gasteiger partial charge in [-0.25, -0.2) is 9.18 Å². The highest BCUT2D eigenvalue weighted by Crippen LogP contribution is 2.61. The third-order valence-corrected chi connectivity index (χ3v) is 10.2. The van der Waals surface area contributed by atoms with Crippen molar-refractivity contribution in [3.8, 4) is 5.75 Å². The summed E-state index contributed by atoms with van der Waals surface area (Å²) in [4.78, 5) is 29.2. The molecule has 7 rings (SSSR count). The van der Waals surface area contributed by atoms with Gasteiger partial charge in [-0.15, -0.1) is 0 Å². The molecule has 5 atom stereocenters. The fraction of sp³-hybridized carbons (Fsp3) is 0.297. The number of amides is 1. The lowest BCUT2D eigenvalue weighted by molar-refractivity contribution is -0.128. The fourth-order valence-electron chi connectivity index (χ4n) is 7.84. The van der Waals surface area contributed by atoms with Gasteiger partial charge in [0.05, 0.1) is 23.8 Å². The molecule has 2 saturated heterocycles. The van der Waals surface area contributed by atoms with E-state index in [9.17, 15) is 9.59 Å². The number of esters is 1. The number of nitrogens with one attached hydrogen (secondary N) is 2. The van der Waals surface area contributed by atoms with E-state index in [-0.39, 0.29) is 35.0 Å². The first-order valence-corrected chi connectivity index (χ1v) is 16.6. The lowest BCUT2D eigenvalue weighted by Gasteiger charge is -2.41. The Morgan fingerprint density at radius 3 is 2.55 bits per heavy atom. The van der Waals surface area contributed by atoms with E-state index in [0.29, 0.717) is 48.0 Å². The Balaban J connectivity index is 1.38. The number of anilines is 1. The SMILES string of the molecule is CCOC(=O)c1ccc([C@@H]2C[C@H]3[C@@H](N2)[C@H](c2cccc(Cl)c2F)[C@]2(C(=O)Nc4cc(Cl)ccc42)N3Cc2cccc(OCC)c2)cc1. The van der Waals surface area contributed by atoms with Crippen LogP contribution in [0.5, 0.6) is 5.75 Å². The number of nitrogens with zero attached hydrogens (tertiary/aromatic N) is 1. The highest BCUT2D eigenvalue weighted by Gasteiger charge is 2.68. The number of fused-ring (bicyclic) bond motifs is 3. The largest absolute Gasteiger partial charge is 0.494 e. The van der Waals surface area contributed by atoms with Crippen LogP contribution in [0.4, 0.5) is 10.1 Å². The third-order valence-electron chi connectivity index (χ3n) is 9.64. The van der Waals surface area contributed by atoms with Gasteiger partial charge in [-0.3, -0.25) is 9.69 Å². The van der Waals surface area contributed by atoms with Crippen LogP contribution in [0, 0.1) is 5.82 Å². The quantitative estimate of drug-likeness (QED) is 0.187. The lowest BCUT2D eigenvalue weighted by atomic mass is 9.73. The molecule has 7 nitrogen and oxygen atoms in total. The first-order chi connectivity index (χ1) is 22.8. The van der Waals surface area contributed by atoms with Crippen LogP contribution in [0.15, 0.2) is 84.9 Å². The highest BCUT2D eigenvalue weighted by molar-refractivity contribution is 6.31.